The summed E-state index contributed by atoms with van der Waals surface area (Å²) in [5.74, 6) is 0. The summed E-state index contributed by atoms with van der Waals surface area (Å²) >= 11 is 1.48. The first-order valence-corrected chi connectivity index (χ1v) is 5.40. The number of rotatable bonds is 5. The van der Waals surface area contributed by atoms with Crippen molar-refractivity contribution < 1.29 is 4.74 Å². The summed E-state index contributed by atoms with van der Waals surface area (Å²) in [6.07, 6.45) is 0. The highest BCUT2D eigenvalue weighted by Crippen LogP contribution is 2.13. The van der Waals surface area contributed by atoms with Gasteiger partial charge in [0.05, 0.1) is 12.3 Å². The Hall–Kier alpha value is -0.650. The summed E-state index contributed by atoms with van der Waals surface area (Å²) in [6.45, 7) is 3.67. The van der Waals surface area contributed by atoms with Gasteiger partial charge in [0.15, 0.2) is 5.13 Å². The Kier molecular flexibility index (Phi) is 4.31. The smallest absolute Gasteiger partial charge is 0.180 e. The van der Waals surface area contributed by atoms with Gasteiger partial charge >= 0.3 is 0 Å². The summed E-state index contributed by atoms with van der Waals surface area (Å²) in [6, 6.07) is 0.392. The maximum atomic E-state index is 5.55. The lowest BCUT2D eigenvalue weighted by Gasteiger charge is -2.22. The molecule has 1 aromatic heterocycles. The molecule has 1 heterocycles. The predicted molar refractivity (Wildman–Crippen MR) is 59.3 cm³/mol. The number of ether oxygens (including phenoxy) is 1. The summed E-state index contributed by atoms with van der Waals surface area (Å²) in [7, 11) is 3.77. The molecule has 0 amide bonds. The van der Waals surface area contributed by atoms with Crippen molar-refractivity contribution in [1.82, 2.24) is 9.88 Å². The molecule has 14 heavy (non-hydrogen) atoms. The SMILES string of the molecule is COCC(C)N(C)Cc1csc(N)n1. The van der Waals surface area contributed by atoms with Crippen LogP contribution in [0.1, 0.15) is 12.6 Å². The number of aromatic nitrogens is 1. The molecule has 1 atom stereocenters. The van der Waals surface area contributed by atoms with Crippen molar-refractivity contribution in [2.45, 2.75) is 19.5 Å². The van der Waals surface area contributed by atoms with Crippen molar-refractivity contribution in [3.63, 3.8) is 0 Å². The zero-order chi connectivity index (χ0) is 10.6. The van der Waals surface area contributed by atoms with Gasteiger partial charge in [-0.3, -0.25) is 4.90 Å². The molecule has 1 unspecified atom stereocenters. The highest BCUT2D eigenvalue weighted by molar-refractivity contribution is 7.13. The fraction of sp³-hybridized carbons (Fsp3) is 0.667. The third-order valence-electron chi connectivity index (χ3n) is 2.14. The Morgan fingerprint density at radius 2 is 2.43 bits per heavy atom. The normalized spacial score (nSPS) is 13.4. The van der Waals surface area contributed by atoms with E-state index >= 15 is 0 Å². The van der Waals surface area contributed by atoms with Crippen LogP contribution in [0.15, 0.2) is 5.38 Å². The lowest BCUT2D eigenvalue weighted by molar-refractivity contribution is 0.111. The van der Waals surface area contributed by atoms with Crippen molar-refractivity contribution in [1.29, 1.82) is 0 Å². The van der Waals surface area contributed by atoms with Crippen LogP contribution in [-0.4, -0.2) is 36.7 Å². The van der Waals surface area contributed by atoms with E-state index < -0.39 is 0 Å². The number of hydrogen-bond acceptors (Lipinski definition) is 5. The Labute approximate surface area is 88.7 Å². The lowest BCUT2D eigenvalue weighted by atomic mass is 10.3. The van der Waals surface area contributed by atoms with Crippen LogP contribution in [0.4, 0.5) is 5.13 Å². The third-order valence-corrected chi connectivity index (χ3v) is 2.86. The van der Waals surface area contributed by atoms with E-state index in [1.165, 1.54) is 11.3 Å². The van der Waals surface area contributed by atoms with Gasteiger partial charge in [0.1, 0.15) is 0 Å². The minimum atomic E-state index is 0.392. The molecule has 2 N–H and O–H groups in total. The van der Waals surface area contributed by atoms with E-state index in [1.807, 2.05) is 5.38 Å². The predicted octanol–water partition coefficient (Wildman–Crippen LogP) is 1.19. The van der Waals surface area contributed by atoms with Gasteiger partial charge in [0.2, 0.25) is 0 Å². The molecule has 0 aliphatic heterocycles. The van der Waals surface area contributed by atoms with Crippen molar-refractivity contribution in [2.24, 2.45) is 0 Å². The average molecular weight is 215 g/mol. The van der Waals surface area contributed by atoms with E-state index in [9.17, 15) is 0 Å². The van der Waals surface area contributed by atoms with Gasteiger partial charge in [-0.25, -0.2) is 4.98 Å². The first-order valence-electron chi connectivity index (χ1n) is 4.52. The molecule has 0 aliphatic rings. The minimum Gasteiger partial charge on any atom is -0.383 e. The zero-order valence-corrected chi connectivity index (χ0v) is 9.67. The molecule has 5 heteroatoms. The molecule has 0 bridgehead atoms. The second-order valence-electron chi connectivity index (χ2n) is 3.40. The average Bonchev–Trinajstić information content (AvgIpc) is 2.51. The molecule has 0 fully saturated rings. The van der Waals surface area contributed by atoms with Crippen LogP contribution < -0.4 is 5.73 Å². The molecule has 80 valence electrons. The van der Waals surface area contributed by atoms with Crippen molar-refractivity contribution in [3.8, 4) is 0 Å². The van der Waals surface area contributed by atoms with E-state index in [4.69, 9.17) is 10.5 Å². The molecule has 0 spiro atoms. The van der Waals surface area contributed by atoms with Gasteiger partial charge in [-0.2, -0.15) is 0 Å². The van der Waals surface area contributed by atoms with Gasteiger partial charge in [0, 0.05) is 25.1 Å². The highest BCUT2D eigenvalue weighted by atomic mass is 32.1. The standard InChI is InChI=1S/C9H17N3OS/c1-7(5-13-3)12(2)4-8-6-14-9(10)11-8/h6-7H,4-5H2,1-3H3,(H2,10,11). The van der Waals surface area contributed by atoms with Crippen LogP contribution in [0.25, 0.3) is 0 Å². The van der Waals surface area contributed by atoms with Crippen molar-refractivity contribution >= 4 is 16.5 Å². The maximum Gasteiger partial charge on any atom is 0.180 e. The second kappa shape index (κ2) is 5.29. The van der Waals surface area contributed by atoms with Crippen LogP contribution in [0.3, 0.4) is 0 Å². The number of thiazole rings is 1. The fourth-order valence-electron chi connectivity index (χ4n) is 1.18. The number of anilines is 1. The van der Waals surface area contributed by atoms with Crippen LogP contribution in [0, 0.1) is 0 Å². The lowest BCUT2D eigenvalue weighted by Crippen LogP contribution is -2.32. The summed E-state index contributed by atoms with van der Waals surface area (Å²) in [5, 5.41) is 2.62. The summed E-state index contributed by atoms with van der Waals surface area (Å²) in [5.41, 5.74) is 6.58. The van der Waals surface area contributed by atoms with E-state index in [0.29, 0.717) is 11.2 Å². The number of nitrogen functional groups attached to an aromatic ring is 1. The van der Waals surface area contributed by atoms with Crippen LogP contribution >= 0.6 is 11.3 Å². The van der Waals surface area contributed by atoms with Crippen LogP contribution in [0.5, 0.6) is 0 Å². The Morgan fingerprint density at radius 3 is 2.93 bits per heavy atom. The van der Waals surface area contributed by atoms with Gasteiger partial charge < -0.3 is 10.5 Å². The third kappa shape index (κ3) is 3.25. The molecule has 1 rings (SSSR count). The second-order valence-corrected chi connectivity index (χ2v) is 4.29. The molecule has 0 aliphatic carbocycles. The maximum absolute atomic E-state index is 5.55. The zero-order valence-electron chi connectivity index (χ0n) is 8.86. The molecule has 0 saturated carbocycles. The topological polar surface area (TPSA) is 51.4 Å². The fourth-order valence-corrected chi connectivity index (χ4v) is 1.73. The number of likely N-dealkylation sites (N-methyl/N-ethyl adjacent to an activating group) is 1. The molecular formula is C9H17N3OS. The van der Waals surface area contributed by atoms with Crippen molar-refractivity contribution in [2.75, 3.05) is 26.5 Å². The molecule has 0 radical (unpaired) electrons. The summed E-state index contributed by atoms with van der Waals surface area (Å²) in [4.78, 5) is 6.40. The molecule has 0 aromatic carbocycles. The largest absolute Gasteiger partial charge is 0.383 e. The molecule has 4 nitrogen and oxygen atoms in total. The van der Waals surface area contributed by atoms with E-state index in [-0.39, 0.29) is 0 Å². The number of nitrogens with two attached hydrogens (primary N) is 1. The van der Waals surface area contributed by atoms with Crippen LogP contribution in [-0.2, 0) is 11.3 Å². The van der Waals surface area contributed by atoms with E-state index in [0.717, 1.165) is 18.8 Å². The first-order chi connectivity index (χ1) is 6.63. The first kappa shape index (κ1) is 11.4. The Morgan fingerprint density at radius 1 is 1.71 bits per heavy atom. The molecule has 0 saturated heterocycles. The number of methoxy groups -OCH3 is 1. The minimum absolute atomic E-state index is 0.392. The van der Waals surface area contributed by atoms with Crippen LogP contribution in [0.2, 0.25) is 0 Å². The number of nitrogens with zero attached hydrogens (tertiary/aromatic N) is 2. The highest BCUT2D eigenvalue weighted by Gasteiger charge is 2.10. The quantitative estimate of drug-likeness (QED) is 0.801. The Bertz CT molecular complexity index is 277. The van der Waals surface area contributed by atoms with E-state index in [1.54, 1.807) is 7.11 Å². The monoisotopic (exact) mass is 215 g/mol. The molecule has 1 aromatic rings. The van der Waals surface area contributed by atoms with E-state index in [2.05, 4.69) is 23.9 Å². The summed E-state index contributed by atoms with van der Waals surface area (Å²) < 4.78 is 5.08. The Balaban J connectivity index is 2.43. The molecular weight excluding hydrogens is 198 g/mol. The van der Waals surface area contributed by atoms with Gasteiger partial charge in [0.25, 0.3) is 0 Å². The van der Waals surface area contributed by atoms with Gasteiger partial charge in [-0.15, -0.1) is 11.3 Å². The van der Waals surface area contributed by atoms with Gasteiger partial charge in [-0.05, 0) is 14.0 Å². The number of hydrogen-bond donors (Lipinski definition) is 1. The van der Waals surface area contributed by atoms with Gasteiger partial charge in [-0.1, -0.05) is 0 Å². The van der Waals surface area contributed by atoms with Crippen molar-refractivity contribution in [3.05, 3.63) is 11.1 Å².